The summed E-state index contributed by atoms with van der Waals surface area (Å²) in [7, 11) is 0. The van der Waals surface area contributed by atoms with Crippen LogP contribution in [-0.2, 0) is 6.42 Å². The van der Waals surface area contributed by atoms with E-state index < -0.39 is 0 Å². The molecule has 0 aliphatic heterocycles. The summed E-state index contributed by atoms with van der Waals surface area (Å²) in [5, 5.41) is 10.0. The molecule has 0 fully saturated rings. The van der Waals surface area contributed by atoms with E-state index in [1.807, 2.05) is 0 Å². The highest BCUT2D eigenvalue weighted by Crippen LogP contribution is 2.07. The van der Waals surface area contributed by atoms with E-state index in [4.69, 9.17) is 5.73 Å². The SMILES string of the molecule is CC(C)C(CN)CNCCc1ncn[nH]1. The van der Waals surface area contributed by atoms with Crippen molar-refractivity contribution in [3.63, 3.8) is 0 Å². The molecule has 5 heteroatoms. The molecule has 0 amide bonds. The van der Waals surface area contributed by atoms with Crippen LogP contribution in [0, 0.1) is 11.8 Å². The van der Waals surface area contributed by atoms with Gasteiger partial charge in [0.25, 0.3) is 0 Å². The van der Waals surface area contributed by atoms with Crippen LogP contribution in [0.4, 0.5) is 0 Å². The summed E-state index contributed by atoms with van der Waals surface area (Å²) in [5.74, 6) is 2.11. The Balaban J connectivity index is 2.10. The number of hydrogen-bond acceptors (Lipinski definition) is 4. The molecule has 1 atom stereocenters. The maximum atomic E-state index is 5.68. The molecule has 0 saturated carbocycles. The second-order valence-electron chi connectivity index (χ2n) is 4.13. The number of H-pyrrole nitrogens is 1. The van der Waals surface area contributed by atoms with Gasteiger partial charge in [0.2, 0.25) is 0 Å². The fourth-order valence-corrected chi connectivity index (χ4v) is 1.44. The van der Waals surface area contributed by atoms with E-state index in [2.05, 4.69) is 34.3 Å². The van der Waals surface area contributed by atoms with Crippen molar-refractivity contribution in [2.24, 2.45) is 17.6 Å². The lowest BCUT2D eigenvalue weighted by molar-refractivity contribution is 0.372. The molecular weight excluding hydrogens is 190 g/mol. The van der Waals surface area contributed by atoms with E-state index in [-0.39, 0.29) is 0 Å². The molecule has 0 aromatic carbocycles. The van der Waals surface area contributed by atoms with Crippen molar-refractivity contribution < 1.29 is 0 Å². The van der Waals surface area contributed by atoms with Crippen molar-refractivity contribution >= 4 is 0 Å². The van der Waals surface area contributed by atoms with Gasteiger partial charge in [-0.15, -0.1) is 0 Å². The zero-order valence-corrected chi connectivity index (χ0v) is 9.53. The van der Waals surface area contributed by atoms with Gasteiger partial charge < -0.3 is 11.1 Å². The first-order chi connectivity index (χ1) is 7.24. The van der Waals surface area contributed by atoms with Gasteiger partial charge in [-0.25, -0.2) is 4.98 Å². The Bertz CT molecular complexity index is 244. The van der Waals surface area contributed by atoms with Crippen LogP contribution in [0.5, 0.6) is 0 Å². The third kappa shape index (κ3) is 4.40. The normalized spacial score (nSPS) is 13.3. The second-order valence-corrected chi connectivity index (χ2v) is 4.13. The molecule has 5 nitrogen and oxygen atoms in total. The van der Waals surface area contributed by atoms with Gasteiger partial charge in [0.1, 0.15) is 12.2 Å². The van der Waals surface area contributed by atoms with Gasteiger partial charge in [-0.2, -0.15) is 5.10 Å². The molecule has 1 rings (SSSR count). The Labute approximate surface area is 90.9 Å². The average Bonchev–Trinajstić information content (AvgIpc) is 2.70. The van der Waals surface area contributed by atoms with Crippen molar-refractivity contribution in [3.05, 3.63) is 12.2 Å². The van der Waals surface area contributed by atoms with Gasteiger partial charge in [0.05, 0.1) is 0 Å². The largest absolute Gasteiger partial charge is 0.330 e. The van der Waals surface area contributed by atoms with Gasteiger partial charge in [0.15, 0.2) is 0 Å². The maximum absolute atomic E-state index is 5.68. The molecular formula is C10H21N5. The highest BCUT2D eigenvalue weighted by Gasteiger charge is 2.10. The van der Waals surface area contributed by atoms with Crippen molar-refractivity contribution in [3.8, 4) is 0 Å². The van der Waals surface area contributed by atoms with Crippen LogP contribution in [0.3, 0.4) is 0 Å². The quantitative estimate of drug-likeness (QED) is 0.562. The topological polar surface area (TPSA) is 79.6 Å². The Morgan fingerprint density at radius 2 is 2.33 bits per heavy atom. The van der Waals surface area contributed by atoms with Crippen LogP contribution in [0.2, 0.25) is 0 Å². The zero-order chi connectivity index (χ0) is 11.1. The van der Waals surface area contributed by atoms with E-state index in [1.165, 1.54) is 6.33 Å². The highest BCUT2D eigenvalue weighted by molar-refractivity contribution is 4.80. The summed E-state index contributed by atoms with van der Waals surface area (Å²) < 4.78 is 0. The molecule has 1 aromatic heterocycles. The summed E-state index contributed by atoms with van der Waals surface area (Å²) in [6.07, 6.45) is 2.42. The van der Waals surface area contributed by atoms with Crippen LogP contribution in [0.1, 0.15) is 19.7 Å². The molecule has 0 radical (unpaired) electrons. The van der Waals surface area contributed by atoms with Crippen LogP contribution < -0.4 is 11.1 Å². The number of nitrogens with zero attached hydrogens (tertiary/aromatic N) is 2. The number of nitrogens with two attached hydrogens (primary N) is 1. The van der Waals surface area contributed by atoms with Crippen molar-refractivity contribution in [1.82, 2.24) is 20.5 Å². The van der Waals surface area contributed by atoms with E-state index >= 15 is 0 Å². The van der Waals surface area contributed by atoms with Crippen molar-refractivity contribution in [2.45, 2.75) is 20.3 Å². The first-order valence-electron chi connectivity index (χ1n) is 5.49. The fourth-order valence-electron chi connectivity index (χ4n) is 1.44. The van der Waals surface area contributed by atoms with E-state index in [0.717, 1.165) is 31.9 Å². The number of nitrogens with one attached hydrogen (secondary N) is 2. The second kappa shape index (κ2) is 6.53. The molecule has 0 aliphatic rings. The van der Waals surface area contributed by atoms with Crippen LogP contribution >= 0.6 is 0 Å². The molecule has 0 aliphatic carbocycles. The molecule has 1 heterocycles. The van der Waals surface area contributed by atoms with Gasteiger partial charge in [-0.3, -0.25) is 5.10 Å². The standard InChI is InChI=1S/C10H21N5/c1-8(2)9(5-11)6-12-4-3-10-13-7-14-15-10/h7-9,12H,3-6,11H2,1-2H3,(H,13,14,15). The number of aromatic nitrogens is 3. The Kier molecular flexibility index (Phi) is 5.28. The van der Waals surface area contributed by atoms with Crippen LogP contribution in [0.25, 0.3) is 0 Å². The predicted molar refractivity (Wildman–Crippen MR) is 60.3 cm³/mol. The number of hydrogen-bond donors (Lipinski definition) is 3. The first kappa shape index (κ1) is 12.1. The van der Waals surface area contributed by atoms with Gasteiger partial charge >= 0.3 is 0 Å². The third-order valence-corrected chi connectivity index (χ3v) is 2.66. The lowest BCUT2D eigenvalue weighted by atomic mass is 9.96. The Hall–Kier alpha value is -0.940. The highest BCUT2D eigenvalue weighted by atomic mass is 15.2. The molecule has 0 saturated heterocycles. The third-order valence-electron chi connectivity index (χ3n) is 2.66. The molecule has 1 aromatic rings. The molecule has 0 spiro atoms. The fraction of sp³-hybridized carbons (Fsp3) is 0.800. The monoisotopic (exact) mass is 211 g/mol. The predicted octanol–water partition coefficient (Wildman–Crippen LogP) is 0.168. The number of aromatic amines is 1. The van der Waals surface area contributed by atoms with Gasteiger partial charge in [-0.05, 0) is 24.9 Å². The number of rotatable bonds is 7. The van der Waals surface area contributed by atoms with E-state index in [1.54, 1.807) is 0 Å². The van der Waals surface area contributed by atoms with Crippen LogP contribution in [0.15, 0.2) is 6.33 Å². The van der Waals surface area contributed by atoms with E-state index in [9.17, 15) is 0 Å². The maximum Gasteiger partial charge on any atom is 0.137 e. The lowest BCUT2D eigenvalue weighted by Gasteiger charge is -2.18. The summed E-state index contributed by atoms with van der Waals surface area (Å²) in [5.41, 5.74) is 5.68. The Morgan fingerprint density at radius 1 is 1.53 bits per heavy atom. The first-order valence-corrected chi connectivity index (χ1v) is 5.49. The molecule has 1 unspecified atom stereocenters. The minimum Gasteiger partial charge on any atom is -0.330 e. The molecule has 0 bridgehead atoms. The van der Waals surface area contributed by atoms with Crippen molar-refractivity contribution in [2.75, 3.05) is 19.6 Å². The summed E-state index contributed by atoms with van der Waals surface area (Å²) in [4.78, 5) is 4.06. The molecule has 86 valence electrons. The molecule has 4 N–H and O–H groups in total. The van der Waals surface area contributed by atoms with Crippen LogP contribution in [-0.4, -0.2) is 34.8 Å². The zero-order valence-electron chi connectivity index (χ0n) is 9.53. The Morgan fingerprint density at radius 3 is 2.87 bits per heavy atom. The molecule has 15 heavy (non-hydrogen) atoms. The minimum absolute atomic E-state index is 0.555. The minimum atomic E-state index is 0.555. The average molecular weight is 211 g/mol. The van der Waals surface area contributed by atoms with Gasteiger partial charge in [-0.1, -0.05) is 13.8 Å². The summed E-state index contributed by atoms with van der Waals surface area (Å²) >= 11 is 0. The van der Waals surface area contributed by atoms with Gasteiger partial charge in [0, 0.05) is 13.0 Å². The lowest BCUT2D eigenvalue weighted by Crippen LogP contribution is -2.32. The smallest absolute Gasteiger partial charge is 0.137 e. The summed E-state index contributed by atoms with van der Waals surface area (Å²) in [6, 6.07) is 0. The van der Waals surface area contributed by atoms with E-state index in [0.29, 0.717) is 11.8 Å². The summed E-state index contributed by atoms with van der Waals surface area (Å²) in [6.45, 7) is 7.04. The van der Waals surface area contributed by atoms with Crippen molar-refractivity contribution in [1.29, 1.82) is 0 Å².